The minimum absolute atomic E-state index is 0.638. The molecule has 0 aliphatic carbocycles. The number of hydrogen-bond donors (Lipinski definition) is 0. The zero-order valence-electron chi connectivity index (χ0n) is 8.41. The van der Waals surface area contributed by atoms with Gasteiger partial charge in [-0.1, -0.05) is 11.6 Å². The van der Waals surface area contributed by atoms with Crippen LogP contribution in [0.15, 0.2) is 29.2 Å². The molecule has 0 spiro atoms. The summed E-state index contributed by atoms with van der Waals surface area (Å²) < 4.78 is 17.1. The van der Waals surface area contributed by atoms with Gasteiger partial charge in [0, 0.05) is 5.02 Å². The molecule has 0 aromatic heterocycles. The van der Waals surface area contributed by atoms with Crippen LogP contribution in [0.25, 0.3) is 0 Å². The van der Waals surface area contributed by atoms with E-state index in [1.165, 1.54) is 0 Å². The molecule has 5 heteroatoms. The van der Waals surface area contributed by atoms with E-state index in [9.17, 15) is 4.21 Å². The predicted molar refractivity (Wildman–Crippen MR) is 62.3 cm³/mol. The molecule has 0 radical (unpaired) electrons. The van der Waals surface area contributed by atoms with Crippen LogP contribution in [0.1, 0.15) is 0 Å². The second-order valence-electron chi connectivity index (χ2n) is 3.88. The topological polar surface area (TPSA) is 26.3 Å². The van der Waals surface area contributed by atoms with E-state index in [0.29, 0.717) is 9.92 Å². The summed E-state index contributed by atoms with van der Waals surface area (Å²) >= 11 is 4.36. The number of halogens is 1. The Kier molecular flexibility index (Phi) is 3.89. The van der Waals surface area contributed by atoms with E-state index in [1.54, 1.807) is 24.3 Å². The predicted octanol–water partition coefficient (Wildman–Crippen LogP) is 3.21. The van der Waals surface area contributed by atoms with Gasteiger partial charge in [0.15, 0.2) is 11.1 Å². The highest BCUT2D eigenvalue weighted by Crippen LogP contribution is 2.16. The third-order valence-corrected chi connectivity index (χ3v) is 4.85. The Hall–Kier alpha value is -0.163. The molecule has 14 heavy (non-hydrogen) atoms. The summed E-state index contributed by atoms with van der Waals surface area (Å²) in [4.78, 5) is 0.664. The van der Waals surface area contributed by atoms with E-state index in [4.69, 9.17) is 15.5 Å². The lowest BCUT2D eigenvalue weighted by atomic mass is 10.4. The lowest BCUT2D eigenvalue weighted by Gasteiger charge is -2.15. The van der Waals surface area contributed by atoms with Gasteiger partial charge in [-0.05, 0) is 43.9 Å². The molecule has 0 aliphatic heterocycles. The Bertz CT molecular complexity index is 332. The summed E-state index contributed by atoms with van der Waals surface area (Å²) in [6.07, 6.45) is 0. The van der Waals surface area contributed by atoms with Gasteiger partial charge < -0.3 is 3.87 Å². The Morgan fingerprint density at radius 2 is 1.71 bits per heavy atom. The SMILES string of the molecule is C[Si](C)(C)OS(=O)c1ccc(Cl)cc1. The van der Waals surface area contributed by atoms with Crippen molar-refractivity contribution in [2.45, 2.75) is 24.5 Å². The number of hydrogen-bond acceptors (Lipinski definition) is 2. The third-order valence-electron chi connectivity index (χ3n) is 1.33. The van der Waals surface area contributed by atoms with Gasteiger partial charge in [-0.3, -0.25) is 0 Å². The zero-order chi connectivity index (χ0) is 10.8. The van der Waals surface area contributed by atoms with Crippen molar-refractivity contribution in [3.8, 4) is 0 Å². The molecular weight excluding hydrogens is 236 g/mol. The Morgan fingerprint density at radius 1 is 1.21 bits per heavy atom. The smallest absolute Gasteiger partial charge is 0.205 e. The third kappa shape index (κ3) is 3.92. The Balaban J connectivity index is 2.76. The first-order chi connectivity index (χ1) is 6.38. The molecule has 0 heterocycles. The van der Waals surface area contributed by atoms with Crippen LogP contribution >= 0.6 is 11.6 Å². The average molecular weight is 249 g/mol. The molecule has 2 nitrogen and oxygen atoms in total. The summed E-state index contributed by atoms with van der Waals surface area (Å²) in [5.41, 5.74) is 0. The molecule has 1 rings (SSSR count). The molecule has 0 saturated carbocycles. The van der Waals surface area contributed by atoms with E-state index in [2.05, 4.69) is 0 Å². The fourth-order valence-corrected chi connectivity index (χ4v) is 3.51. The average Bonchev–Trinajstić information content (AvgIpc) is 2.02. The van der Waals surface area contributed by atoms with Crippen LogP contribution in [-0.2, 0) is 15.0 Å². The van der Waals surface area contributed by atoms with Crippen molar-refractivity contribution in [1.29, 1.82) is 0 Å². The van der Waals surface area contributed by atoms with Gasteiger partial charge in [0.2, 0.25) is 8.32 Å². The van der Waals surface area contributed by atoms with Crippen LogP contribution in [0.2, 0.25) is 24.7 Å². The van der Waals surface area contributed by atoms with Crippen molar-refractivity contribution in [3.05, 3.63) is 29.3 Å². The van der Waals surface area contributed by atoms with Crippen molar-refractivity contribution in [3.63, 3.8) is 0 Å². The standard InChI is InChI=1S/C9H13ClO2SSi/c1-14(2,3)12-13(11)9-6-4-8(10)5-7-9/h4-7H,1-3H3. The minimum Gasteiger partial charge on any atom is -0.332 e. The summed E-state index contributed by atoms with van der Waals surface area (Å²) in [6, 6.07) is 6.86. The maximum atomic E-state index is 11.7. The molecule has 0 N–H and O–H groups in total. The summed E-state index contributed by atoms with van der Waals surface area (Å²) in [7, 11) is -1.75. The van der Waals surface area contributed by atoms with E-state index < -0.39 is 19.4 Å². The summed E-state index contributed by atoms with van der Waals surface area (Å²) in [6.45, 7) is 6.00. The molecule has 1 aromatic carbocycles. The quantitative estimate of drug-likeness (QED) is 0.768. The maximum Gasteiger partial charge on any atom is 0.205 e. The zero-order valence-corrected chi connectivity index (χ0v) is 11.0. The van der Waals surface area contributed by atoms with E-state index in [-0.39, 0.29) is 0 Å². The van der Waals surface area contributed by atoms with Crippen molar-refractivity contribution in [2.24, 2.45) is 0 Å². The second-order valence-corrected chi connectivity index (χ2v) is 10.2. The van der Waals surface area contributed by atoms with Crippen LogP contribution in [-0.4, -0.2) is 12.5 Å². The van der Waals surface area contributed by atoms with Crippen LogP contribution < -0.4 is 0 Å². The second kappa shape index (κ2) is 4.57. The number of rotatable bonds is 3. The normalized spacial score (nSPS) is 14.0. The lowest BCUT2D eigenvalue weighted by molar-refractivity contribution is 0.563. The van der Waals surface area contributed by atoms with E-state index in [0.717, 1.165) is 0 Å². The monoisotopic (exact) mass is 248 g/mol. The van der Waals surface area contributed by atoms with Gasteiger partial charge in [0.25, 0.3) is 0 Å². The highest BCUT2D eigenvalue weighted by Gasteiger charge is 2.19. The molecule has 0 bridgehead atoms. The van der Waals surface area contributed by atoms with Gasteiger partial charge in [0.1, 0.15) is 0 Å². The van der Waals surface area contributed by atoms with Crippen LogP contribution in [0.5, 0.6) is 0 Å². The van der Waals surface area contributed by atoms with Gasteiger partial charge in [-0.2, -0.15) is 0 Å². The van der Waals surface area contributed by atoms with Crippen LogP contribution in [0, 0.1) is 0 Å². The molecule has 0 saturated heterocycles. The molecule has 1 unspecified atom stereocenters. The molecule has 0 amide bonds. The van der Waals surface area contributed by atoms with Crippen LogP contribution in [0.4, 0.5) is 0 Å². The van der Waals surface area contributed by atoms with E-state index >= 15 is 0 Å². The van der Waals surface area contributed by atoms with Gasteiger partial charge >= 0.3 is 0 Å². The van der Waals surface area contributed by atoms with Crippen molar-refractivity contribution in [1.82, 2.24) is 0 Å². The first-order valence-corrected chi connectivity index (χ1v) is 9.11. The number of benzene rings is 1. The summed E-state index contributed by atoms with van der Waals surface area (Å²) in [5.74, 6) is 0. The molecular formula is C9H13ClO2SSi. The fourth-order valence-electron chi connectivity index (χ4n) is 0.821. The van der Waals surface area contributed by atoms with Gasteiger partial charge in [-0.25, -0.2) is 4.21 Å². The molecule has 0 fully saturated rings. The van der Waals surface area contributed by atoms with Crippen LogP contribution in [0.3, 0.4) is 0 Å². The molecule has 0 aliphatic rings. The molecule has 78 valence electrons. The first kappa shape index (κ1) is 11.9. The van der Waals surface area contributed by atoms with Crippen molar-refractivity contribution in [2.75, 3.05) is 0 Å². The Morgan fingerprint density at radius 3 is 2.14 bits per heavy atom. The van der Waals surface area contributed by atoms with Crippen molar-refractivity contribution >= 4 is 31.0 Å². The maximum absolute atomic E-state index is 11.7. The van der Waals surface area contributed by atoms with Gasteiger partial charge in [-0.15, -0.1) is 0 Å². The summed E-state index contributed by atoms with van der Waals surface area (Å²) in [5, 5.41) is 0.638. The largest absolute Gasteiger partial charge is 0.332 e. The molecule has 1 atom stereocenters. The van der Waals surface area contributed by atoms with Gasteiger partial charge in [0.05, 0.1) is 4.90 Å². The first-order valence-electron chi connectivity index (χ1n) is 4.25. The highest BCUT2D eigenvalue weighted by atomic mass is 35.5. The molecule has 1 aromatic rings. The van der Waals surface area contributed by atoms with E-state index in [1.807, 2.05) is 19.6 Å². The van der Waals surface area contributed by atoms with Crippen molar-refractivity contribution < 1.29 is 8.08 Å². The minimum atomic E-state index is -1.75. The lowest BCUT2D eigenvalue weighted by Crippen LogP contribution is -2.26. The highest BCUT2D eigenvalue weighted by molar-refractivity contribution is 7.81. The fraction of sp³-hybridized carbons (Fsp3) is 0.333. The Labute approximate surface area is 93.0 Å².